The zero-order valence-electron chi connectivity index (χ0n) is 13.2. The highest BCUT2D eigenvalue weighted by atomic mass is 16.5. The van der Waals surface area contributed by atoms with Gasteiger partial charge >= 0.3 is 0 Å². The molecule has 1 aliphatic heterocycles. The number of nitrogens with one attached hydrogen (secondary N) is 1. The van der Waals surface area contributed by atoms with Gasteiger partial charge in [0, 0.05) is 6.42 Å². The van der Waals surface area contributed by atoms with Crippen LogP contribution in [0.25, 0.3) is 0 Å². The first kappa shape index (κ1) is 15.0. The van der Waals surface area contributed by atoms with Gasteiger partial charge in [-0.05, 0) is 41.0 Å². The summed E-state index contributed by atoms with van der Waals surface area (Å²) >= 11 is 0. The largest absolute Gasteiger partial charge is 0.435 e. The van der Waals surface area contributed by atoms with Crippen LogP contribution in [0.4, 0.5) is 0 Å². The van der Waals surface area contributed by atoms with Crippen molar-refractivity contribution in [3.8, 4) is 0 Å². The molecule has 2 rings (SSSR count). The van der Waals surface area contributed by atoms with Crippen LogP contribution < -0.4 is 5.32 Å². The SMILES string of the molecule is CCc1nc(C)c(C(=O)NC2CC(C)(C)OC2(C)C)o1. The van der Waals surface area contributed by atoms with Crippen LogP contribution in [0.5, 0.6) is 0 Å². The molecule has 5 heteroatoms. The Kier molecular flexibility index (Phi) is 3.67. The van der Waals surface area contributed by atoms with E-state index in [4.69, 9.17) is 9.15 Å². The van der Waals surface area contributed by atoms with E-state index in [0.717, 1.165) is 6.42 Å². The van der Waals surface area contributed by atoms with Crippen molar-refractivity contribution < 1.29 is 13.9 Å². The summed E-state index contributed by atoms with van der Waals surface area (Å²) in [4.78, 5) is 16.6. The lowest BCUT2D eigenvalue weighted by Gasteiger charge is -2.27. The number of ether oxygens (including phenoxy) is 1. The number of nitrogens with zero attached hydrogens (tertiary/aromatic N) is 1. The number of aromatic nitrogens is 1. The van der Waals surface area contributed by atoms with Crippen LogP contribution in [0.1, 0.15) is 63.2 Å². The highest BCUT2D eigenvalue weighted by Gasteiger charge is 2.46. The molecule has 1 saturated heterocycles. The number of rotatable bonds is 3. The van der Waals surface area contributed by atoms with Crippen molar-refractivity contribution in [1.82, 2.24) is 10.3 Å². The van der Waals surface area contributed by atoms with Crippen LogP contribution >= 0.6 is 0 Å². The van der Waals surface area contributed by atoms with E-state index in [1.165, 1.54) is 0 Å². The Morgan fingerprint density at radius 1 is 1.40 bits per heavy atom. The van der Waals surface area contributed by atoms with Crippen LogP contribution in [0.3, 0.4) is 0 Å². The third kappa shape index (κ3) is 2.87. The number of amides is 1. The maximum absolute atomic E-state index is 12.3. The van der Waals surface area contributed by atoms with Gasteiger partial charge in [-0.2, -0.15) is 0 Å². The Morgan fingerprint density at radius 2 is 2.05 bits per heavy atom. The fourth-order valence-electron chi connectivity index (χ4n) is 2.83. The Labute approximate surface area is 120 Å². The molecule has 5 nitrogen and oxygen atoms in total. The molecule has 112 valence electrons. The number of hydrogen-bond donors (Lipinski definition) is 1. The average molecular weight is 280 g/mol. The van der Waals surface area contributed by atoms with Crippen LogP contribution in [0, 0.1) is 6.92 Å². The first-order valence-electron chi connectivity index (χ1n) is 7.12. The standard InChI is InChI=1S/C15H24N2O3/c1-7-11-16-9(2)12(19-11)13(18)17-10-8-14(3,4)20-15(10,5)6/h10H,7-8H2,1-6H3,(H,17,18). The summed E-state index contributed by atoms with van der Waals surface area (Å²) in [7, 11) is 0. The second-order valence-corrected chi connectivity index (χ2v) is 6.57. The van der Waals surface area contributed by atoms with Gasteiger partial charge in [0.25, 0.3) is 5.91 Å². The van der Waals surface area contributed by atoms with Crippen molar-refractivity contribution >= 4 is 5.91 Å². The van der Waals surface area contributed by atoms with E-state index in [2.05, 4.69) is 10.3 Å². The Bertz CT molecular complexity index is 517. The van der Waals surface area contributed by atoms with Crippen molar-refractivity contribution in [2.75, 3.05) is 0 Å². The third-order valence-electron chi connectivity index (χ3n) is 3.73. The monoisotopic (exact) mass is 280 g/mol. The van der Waals surface area contributed by atoms with Crippen molar-refractivity contribution in [1.29, 1.82) is 0 Å². The number of oxazole rings is 1. The summed E-state index contributed by atoms with van der Waals surface area (Å²) in [6, 6.07) is -0.0421. The van der Waals surface area contributed by atoms with E-state index in [-0.39, 0.29) is 23.2 Å². The van der Waals surface area contributed by atoms with Crippen molar-refractivity contribution in [2.45, 2.75) is 71.6 Å². The molecule has 1 atom stereocenters. The van der Waals surface area contributed by atoms with Gasteiger partial charge in [-0.25, -0.2) is 4.98 Å². The quantitative estimate of drug-likeness (QED) is 0.924. The van der Waals surface area contributed by atoms with E-state index >= 15 is 0 Å². The number of carbonyl (C=O) groups is 1. The van der Waals surface area contributed by atoms with Gasteiger partial charge in [0.05, 0.1) is 22.9 Å². The molecule has 2 heterocycles. The first-order valence-corrected chi connectivity index (χ1v) is 7.12. The maximum Gasteiger partial charge on any atom is 0.289 e. The second-order valence-electron chi connectivity index (χ2n) is 6.57. The van der Waals surface area contributed by atoms with Gasteiger partial charge in [-0.1, -0.05) is 6.92 Å². The lowest BCUT2D eigenvalue weighted by molar-refractivity contribution is -0.0693. The van der Waals surface area contributed by atoms with E-state index < -0.39 is 0 Å². The predicted octanol–water partition coefficient (Wildman–Crippen LogP) is 2.62. The highest BCUT2D eigenvalue weighted by molar-refractivity contribution is 5.92. The zero-order valence-corrected chi connectivity index (χ0v) is 13.2. The van der Waals surface area contributed by atoms with Crippen molar-refractivity contribution in [3.05, 3.63) is 17.3 Å². The van der Waals surface area contributed by atoms with Gasteiger partial charge in [-0.15, -0.1) is 0 Å². The predicted molar refractivity (Wildman–Crippen MR) is 75.7 cm³/mol. The molecule has 1 aliphatic rings. The summed E-state index contributed by atoms with van der Waals surface area (Å²) in [5, 5.41) is 3.02. The van der Waals surface area contributed by atoms with E-state index in [0.29, 0.717) is 23.8 Å². The Balaban J connectivity index is 2.13. The van der Waals surface area contributed by atoms with Crippen molar-refractivity contribution in [3.63, 3.8) is 0 Å². The summed E-state index contributed by atoms with van der Waals surface area (Å²) < 4.78 is 11.5. The lowest BCUT2D eigenvalue weighted by atomic mass is 9.94. The molecule has 1 unspecified atom stereocenters. The number of carbonyl (C=O) groups excluding carboxylic acids is 1. The molecular formula is C15H24N2O3. The van der Waals surface area contributed by atoms with Gasteiger partial charge in [0.1, 0.15) is 0 Å². The maximum atomic E-state index is 12.3. The van der Waals surface area contributed by atoms with Crippen LogP contribution in [0.2, 0.25) is 0 Å². The minimum absolute atomic E-state index is 0.0421. The van der Waals surface area contributed by atoms with Crippen molar-refractivity contribution in [2.24, 2.45) is 0 Å². The molecule has 1 fully saturated rings. The second kappa shape index (κ2) is 4.88. The fraction of sp³-hybridized carbons (Fsp3) is 0.733. The average Bonchev–Trinajstić information content (AvgIpc) is 2.76. The molecule has 0 saturated carbocycles. The van der Waals surface area contributed by atoms with Crippen LogP contribution in [-0.2, 0) is 11.2 Å². The fourth-order valence-corrected chi connectivity index (χ4v) is 2.83. The topological polar surface area (TPSA) is 64.4 Å². The molecule has 0 spiro atoms. The Hall–Kier alpha value is -1.36. The van der Waals surface area contributed by atoms with Gasteiger partial charge in [-0.3, -0.25) is 4.79 Å². The Morgan fingerprint density at radius 3 is 2.50 bits per heavy atom. The smallest absolute Gasteiger partial charge is 0.289 e. The highest BCUT2D eigenvalue weighted by Crippen LogP contribution is 2.37. The lowest BCUT2D eigenvalue weighted by Crippen LogP contribution is -2.46. The molecule has 0 radical (unpaired) electrons. The number of hydrogen-bond acceptors (Lipinski definition) is 4. The summed E-state index contributed by atoms with van der Waals surface area (Å²) in [5.74, 6) is 0.686. The number of aryl methyl sites for hydroxylation is 2. The van der Waals surface area contributed by atoms with Gasteiger partial charge < -0.3 is 14.5 Å². The van der Waals surface area contributed by atoms with Crippen LogP contribution in [-0.4, -0.2) is 28.1 Å². The van der Waals surface area contributed by atoms with E-state index in [9.17, 15) is 4.79 Å². The molecule has 1 aromatic rings. The van der Waals surface area contributed by atoms with Gasteiger partial charge in [0.2, 0.25) is 5.76 Å². The molecule has 0 bridgehead atoms. The molecule has 1 aromatic heterocycles. The molecule has 20 heavy (non-hydrogen) atoms. The van der Waals surface area contributed by atoms with Gasteiger partial charge in [0.15, 0.2) is 5.89 Å². The molecule has 0 aromatic carbocycles. The summed E-state index contributed by atoms with van der Waals surface area (Å²) in [6.07, 6.45) is 1.46. The summed E-state index contributed by atoms with van der Waals surface area (Å²) in [6.45, 7) is 11.8. The van der Waals surface area contributed by atoms with E-state index in [1.54, 1.807) is 6.92 Å². The third-order valence-corrected chi connectivity index (χ3v) is 3.73. The minimum atomic E-state index is -0.388. The summed E-state index contributed by atoms with van der Waals surface area (Å²) in [5.41, 5.74) is 0.0167. The molecular weight excluding hydrogens is 256 g/mol. The normalized spacial score (nSPS) is 23.8. The first-order chi connectivity index (χ1) is 9.14. The van der Waals surface area contributed by atoms with E-state index in [1.807, 2.05) is 34.6 Å². The minimum Gasteiger partial charge on any atom is -0.435 e. The molecule has 1 amide bonds. The molecule has 0 aliphatic carbocycles. The zero-order chi connectivity index (χ0) is 15.1. The molecule has 1 N–H and O–H groups in total. The van der Waals surface area contributed by atoms with Crippen LogP contribution in [0.15, 0.2) is 4.42 Å².